The van der Waals surface area contributed by atoms with Crippen LogP contribution in [-0.4, -0.2) is 36.7 Å². The lowest BCUT2D eigenvalue weighted by molar-refractivity contribution is -0.122. The molecule has 6 rings (SSSR count). The van der Waals surface area contributed by atoms with E-state index < -0.39 is 23.4 Å². The second-order valence-electron chi connectivity index (χ2n) is 9.27. The Morgan fingerprint density at radius 3 is 2.57 bits per heavy atom. The number of carbonyl (C=O) groups is 3. The summed E-state index contributed by atoms with van der Waals surface area (Å²) in [7, 11) is 1.54. The van der Waals surface area contributed by atoms with Gasteiger partial charge in [0.05, 0.1) is 25.1 Å². The highest BCUT2D eigenvalue weighted by atomic mass is 16.5. The molecule has 0 bridgehead atoms. The molecule has 6 nitrogen and oxygen atoms in total. The normalized spacial score (nSPS) is 25.6. The predicted octanol–water partition coefficient (Wildman–Crippen LogP) is 4.26. The van der Waals surface area contributed by atoms with E-state index in [9.17, 15) is 14.4 Å². The van der Waals surface area contributed by atoms with Gasteiger partial charge in [-0.25, -0.2) is 0 Å². The van der Waals surface area contributed by atoms with Crippen molar-refractivity contribution in [3.8, 4) is 5.75 Å². The van der Waals surface area contributed by atoms with Crippen LogP contribution in [0.15, 0.2) is 78.9 Å². The van der Waals surface area contributed by atoms with Crippen molar-refractivity contribution in [2.24, 2.45) is 5.92 Å². The molecule has 35 heavy (non-hydrogen) atoms. The first-order chi connectivity index (χ1) is 17.0. The van der Waals surface area contributed by atoms with Crippen molar-refractivity contribution in [1.29, 1.82) is 0 Å². The maximum Gasteiger partial charge on any atom is 0.238 e. The Balaban J connectivity index is 1.65. The van der Waals surface area contributed by atoms with Gasteiger partial charge in [-0.1, -0.05) is 60.7 Å². The summed E-state index contributed by atoms with van der Waals surface area (Å²) in [6.45, 7) is 1.51. The minimum Gasteiger partial charge on any atom is -0.497 e. The topological polar surface area (TPSA) is 75.7 Å². The fourth-order valence-corrected chi connectivity index (χ4v) is 6.23. The smallest absolute Gasteiger partial charge is 0.238 e. The van der Waals surface area contributed by atoms with Gasteiger partial charge in [0.2, 0.25) is 5.91 Å². The van der Waals surface area contributed by atoms with Crippen molar-refractivity contribution in [2.75, 3.05) is 17.3 Å². The van der Waals surface area contributed by atoms with Crippen LogP contribution in [0.25, 0.3) is 6.08 Å². The first-order valence-electron chi connectivity index (χ1n) is 11.6. The number of fused-ring (bicyclic) bond motifs is 6. The molecule has 3 aliphatic heterocycles. The molecule has 3 aromatic carbocycles. The number of ketones is 2. The number of amides is 1. The summed E-state index contributed by atoms with van der Waals surface area (Å²) in [5.41, 5.74) is 2.36. The average molecular weight is 465 g/mol. The van der Waals surface area contributed by atoms with Crippen LogP contribution in [0, 0.1) is 5.92 Å². The van der Waals surface area contributed by atoms with Crippen molar-refractivity contribution in [2.45, 2.75) is 24.4 Å². The molecule has 1 spiro atoms. The summed E-state index contributed by atoms with van der Waals surface area (Å²) >= 11 is 0. The number of methoxy groups -OCH3 is 1. The van der Waals surface area contributed by atoms with Crippen molar-refractivity contribution >= 4 is 34.9 Å². The number of para-hydroxylation sites is 2. The van der Waals surface area contributed by atoms with Crippen LogP contribution >= 0.6 is 0 Å². The van der Waals surface area contributed by atoms with Crippen LogP contribution in [0.1, 0.15) is 28.4 Å². The van der Waals surface area contributed by atoms with E-state index in [1.54, 1.807) is 31.4 Å². The molecule has 3 aromatic rings. The molecular formula is C29H24N2O4. The third-order valence-electron chi connectivity index (χ3n) is 7.60. The maximum atomic E-state index is 14.4. The molecule has 4 unspecified atom stereocenters. The van der Waals surface area contributed by atoms with Gasteiger partial charge in [0.1, 0.15) is 11.2 Å². The largest absolute Gasteiger partial charge is 0.497 e. The molecule has 0 saturated carbocycles. The number of Topliss-reactive ketones (excluding diaryl/α,β-unsaturated/α-hetero) is 2. The Kier molecular flexibility index (Phi) is 4.68. The molecule has 6 heteroatoms. The number of ether oxygens (including phenoxy) is 1. The fraction of sp³-hybridized carbons (Fsp3) is 0.207. The number of benzene rings is 3. The van der Waals surface area contributed by atoms with Gasteiger partial charge in [0.25, 0.3) is 0 Å². The zero-order chi connectivity index (χ0) is 24.3. The molecule has 3 aliphatic rings. The highest BCUT2D eigenvalue weighted by Crippen LogP contribution is 2.57. The zero-order valence-electron chi connectivity index (χ0n) is 19.4. The van der Waals surface area contributed by atoms with Gasteiger partial charge in [0.15, 0.2) is 11.6 Å². The van der Waals surface area contributed by atoms with E-state index in [0.717, 1.165) is 16.8 Å². The van der Waals surface area contributed by atoms with Gasteiger partial charge in [-0.15, -0.1) is 0 Å². The summed E-state index contributed by atoms with van der Waals surface area (Å²) < 4.78 is 5.36. The third-order valence-corrected chi connectivity index (χ3v) is 7.60. The SMILES string of the molecule is COc1cccc(C(=O)C2C(C(C)=O)N3c4ccccc4C=CC3C23C(=O)Nc2ccccc23)c1. The highest BCUT2D eigenvalue weighted by Gasteiger charge is 2.69. The maximum absolute atomic E-state index is 14.4. The van der Waals surface area contributed by atoms with Crippen LogP contribution < -0.4 is 15.0 Å². The van der Waals surface area contributed by atoms with E-state index in [1.807, 2.05) is 65.6 Å². The minimum atomic E-state index is -1.27. The van der Waals surface area contributed by atoms with Gasteiger partial charge < -0.3 is 15.0 Å². The monoisotopic (exact) mass is 464 g/mol. The predicted molar refractivity (Wildman–Crippen MR) is 134 cm³/mol. The molecular weight excluding hydrogens is 440 g/mol. The molecule has 1 fully saturated rings. The van der Waals surface area contributed by atoms with Crippen LogP contribution in [0.4, 0.5) is 11.4 Å². The number of hydrogen-bond donors (Lipinski definition) is 1. The van der Waals surface area contributed by atoms with Gasteiger partial charge >= 0.3 is 0 Å². The van der Waals surface area contributed by atoms with Crippen LogP contribution in [-0.2, 0) is 15.0 Å². The average Bonchev–Trinajstić information content (AvgIpc) is 3.36. The number of hydrogen-bond acceptors (Lipinski definition) is 5. The first kappa shape index (κ1) is 21.4. The Hall–Kier alpha value is -4.19. The number of nitrogens with one attached hydrogen (secondary N) is 1. The van der Waals surface area contributed by atoms with E-state index in [0.29, 0.717) is 17.0 Å². The van der Waals surface area contributed by atoms with Crippen LogP contribution in [0.5, 0.6) is 5.75 Å². The van der Waals surface area contributed by atoms with Gasteiger partial charge in [0, 0.05) is 16.9 Å². The van der Waals surface area contributed by atoms with E-state index in [1.165, 1.54) is 6.92 Å². The Labute approximate surface area is 203 Å². The lowest BCUT2D eigenvalue weighted by atomic mass is 9.64. The molecule has 0 radical (unpaired) electrons. The van der Waals surface area contributed by atoms with Gasteiger partial charge in [-0.3, -0.25) is 14.4 Å². The minimum absolute atomic E-state index is 0.157. The summed E-state index contributed by atoms with van der Waals surface area (Å²) in [5, 5.41) is 3.02. The van der Waals surface area contributed by atoms with Crippen molar-refractivity contribution in [3.05, 3.63) is 95.6 Å². The van der Waals surface area contributed by atoms with Gasteiger partial charge in [-0.2, -0.15) is 0 Å². The van der Waals surface area contributed by atoms with E-state index >= 15 is 0 Å². The quantitative estimate of drug-likeness (QED) is 0.584. The fourth-order valence-electron chi connectivity index (χ4n) is 6.23. The van der Waals surface area contributed by atoms with Gasteiger partial charge in [-0.05, 0) is 42.3 Å². The number of nitrogens with zero attached hydrogens (tertiary/aromatic N) is 1. The molecule has 4 atom stereocenters. The lowest BCUT2D eigenvalue weighted by Crippen LogP contribution is -2.51. The van der Waals surface area contributed by atoms with Crippen molar-refractivity contribution in [1.82, 2.24) is 0 Å². The summed E-state index contributed by atoms with van der Waals surface area (Å²) in [6, 6.07) is 20.9. The number of anilines is 2. The van der Waals surface area contributed by atoms with Crippen LogP contribution in [0.2, 0.25) is 0 Å². The lowest BCUT2D eigenvalue weighted by Gasteiger charge is -2.37. The zero-order valence-corrected chi connectivity index (χ0v) is 19.4. The molecule has 1 saturated heterocycles. The summed E-state index contributed by atoms with van der Waals surface area (Å²) in [5.74, 6) is -1.06. The van der Waals surface area contributed by atoms with Crippen LogP contribution in [0.3, 0.4) is 0 Å². The second-order valence-corrected chi connectivity index (χ2v) is 9.27. The molecule has 1 N–H and O–H groups in total. The van der Waals surface area contributed by atoms with E-state index in [4.69, 9.17) is 4.74 Å². The first-order valence-corrected chi connectivity index (χ1v) is 11.6. The Bertz CT molecular complexity index is 1430. The molecule has 1 amide bonds. The molecule has 174 valence electrons. The summed E-state index contributed by atoms with van der Waals surface area (Å²) in [4.78, 5) is 43.7. The highest BCUT2D eigenvalue weighted by molar-refractivity contribution is 6.16. The Morgan fingerprint density at radius 1 is 1.00 bits per heavy atom. The second kappa shape index (κ2) is 7.67. The van der Waals surface area contributed by atoms with E-state index in [-0.39, 0.29) is 17.5 Å². The van der Waals surface area contributed by atoms with E-state index in [2.05, 4.69) is 5.32 Å². The number of rotatable bonds is 4. The standard InChI is InChI=1S/C29H24N2O4/c1-17(32)26-25(27(33)19-9-7-10-20(16-19)35-2)29(21-11-4-5-12-22(21)30-28(29)34)24-15-14-18-8-3-6-13-23(18)31(24)26/h3-16,24-26H,1-2H3,(H,30,34). The molecule has 3 heterocycles. The number of carbonyl (C=O) groups excluding carboxylic acids is 3. The molecule has 0 aromatic heterocycles. The van der Waals surface area contributed by atoms with Crippen molar-refractivity contribution in [3.63, 3.8) is 0 Å². The third kappa shape index (κ3) is 2.80. The molecule has 0 aliphatic carbocycles. The van der Waals surface area contributed by atoms with Crippen molar-refractivity contribution < 1.29 is 19.1 Å². The Morgan fingerprint density at radius 2 is 1.77 bits per heavy atom. The summed E-state index contributed by atoms with van der Waals surface area (Å²) in [6.07, 6.45) is 3.96.